The summed E-state index contributed by atoms with van der Waals surface area (Å²) in [4.78, 5) is 13.1. The second-order valence-corrected chi connectivity index (χ2v) is 3.26. The van der Waals surface area contributed by atoms with Crippen molar-refractivity contribution in [3.05, 3.63) is 0 Å². The Balaban J connectivity index is 0.000000671. The molecule has 1 amide bonds. The lowest BCUT2D eigenvalue weighted by atomic mass is 9.97. The summed E-state index contributed by atoms with van der Waals surface area (Å²) in [5.74, 6) is 0.553. The predicted octanol–water partition coefficient (Wildman–Crippen LogP) is 0.324. The van der Waals surface area contributed by atoms with Crippen molar-refractivity contribution in [2.24, 2.45) is 5.92 Å². The second-order valence-electron chi connectivity index (χ2n) is 3.26. The molecule has 0 spiro atoms. The third kappa shape index (κ3) is 3.95. The van der Waals surface area contributed by atoms with Crippen LogP contribution < -0.4 is 5.32 Å². The van der Waals surface area contributed by atoms with E-state index in [1.807, 2.05) is 14.1 Å². The molecule has 3 nitrogen and oxygen atoms in total. The van der Waals surface area contributed by atoms with Gasteiger partial charge in [-0.25, -0.2) is 0 Å². The SMILES string of the molecule is C#C.CN(C)C(=O)C1CCNCC1. The standard InChI is InChI=1S/C8H16N2O.C2H2/c1-10(2)8(11)7-3-5-9-6-4-7;1-2/h7,9H,3-6H2,1-2H3;1-2H. The van der Waals surface area contributed by atoms with E-state index >= 15 is 0 Å². The van der Waals surface area contributed by atoms with Crippen LogP contribution in [0.25, 0.3) is 0 Å². The third-order valence-electron chi connectivity index (χ3n) is 2.13. The van der Waals surface area contributed by atoms with Gasteiger partial charge in [-0.2, -0.15) is 0 Å². The Bertz CT molecular complexity index is 169. The lowest BCUT2D eigenvalue weighted by molar-refractivity contribution is -0.133. The summed E-state index contributed by atoms with van der Waals surface area (Å²) < 4.78 is 0. The Morgan fingerprint density at radius 1 is 1.31 bits per heavy atom. The summed E-state index contributed by atoms with van der Waals surface area (Å²) in [5.41, 5.74) is 0. The van der Waals surface area contributed by atoms with E-state index in [-0.39, 0.29) is 11.8 Å². The summed E-state index contributed by atoms with van der Waals surface area (Å²) >= 11 is 0. The van der Waals surface area contributed by atoms with Crippen LogP contribution in [0, 0.1) is 18.8 Å². The van der Waals surface area contributed by atoms with E-state index in [2.05, 4.69) is 18.2 Å². The van der Waals surface area contributed by atoms with Crippen LogP contribution in [0.5, 0.6) is 0 Å². The van der Waals surface area contributed by atoms with Crippen LogP contribution in [0.3, 0.4) is 0 Å². The van der Waals surface area contributed by atoms with Gasteiger partial charge in [-0.3, -0.25) is 4.79 Å². The maximum Gasteiger partial charge on any atom is 0.225 e. The number of carbonyl (C=O) groups is 1. The number of hydrogen-bond acceptors (Lipinski definition) is 2. The van der Waals surface area contributed by atoms with E-state index in [0.29, 0.717) is 0 Å². The first-order valence-corrected chi connectivity index (χ1v) is 4.47. The zero-order valence-electron chi connectivity index (χ0n) is 8.42. The van der Waals surface area contributed by atoms with Gasteiger partial charge in [0.05, 0.1) is 0 Å². The van der Waals surface area contributed by atoms with E-state index in [9.17, 15) is 4.79 Å². The molecule has 13 heavy (non-hydrogen) atoms. The first-order valence-electron chi connectivity index (χ1n) is 4.47. The molecule has 0 aromatic rings. The maximum atomic E-state index is 11.4. The number of rotatable bonds is 1. The van der Waals surface area contributed by atoms with Crippen LogP contribution in [-0.4, -0.2) is 38.0 Å². The van der Waals surface area contributed by atoms with Crippen molar-refractivity contribution in [3.8, 4) is 12.8 Å². The van der Waals surface area contributed by atoms with E-state index in [1.54, 1.807) is 4.90 Å². The second kappa shape index (κ2) is 6.50. The van der Waals surface area contributed by atoms with Gasteiger partial charge in [-0.1, -0.05) is 0 Å². The largest absolute Gasteiger partial charge is 0.349 e. The molecule has 0 atom stereocenters. The fourth-order valence-corrected chi connectivity index (χ4v) is 1.43. The van der Waals surface area contributed by atoms with Crippen molar-refractivity contribution in [1.29, 1.82) is 0 Å². The predicted molar refractivity (Wildman–Crippen MR) is 54.2 cm³/mol. The molecule has 1 rings (SSSR count). The average Bonchev–Trinajstić information content (AvgIpc) is 2.21. The molecule has 0 aliphatic carbocycles. The molecule has 1 saturated heterocycles. The molecule has 3 heteroatoms. The van der Waals surface area contributed by atoms with Gasteiger partial charge in [0.1, 0.15) is 0 Å². The highest BCUT2D eigenvalue weighted by Crippen LogP contribution is 2.13. The third-order valence-corrected chi connectivity index (χ3v) is 2.13. The van der Waals surface area contributed by atoms with Gasteiger partial charge in [-0.15, -0.1) is 12.8 Å². The summed E-state index contributed by atoms with van der Waals surface area (Å²) in [5, 5.41) is 3.24. The minimum atomic E-state index is 0.270. The molecule has 0 aromatic heterocycles. The molecule has 1 heterocycles. The van der Waals surface area contributed by atoms with Gasteiger partial charge >= 0.3 is 0 Å². The highest BCUT2D eigenvalue weighted by atomic mass is 16.2. The van der Waals surface area contributed by atoms with Crippen LogP contribution in [0.15, 0.2) is 0 Å². The van der Waals surface area contributed by atoms with E-state index in [4.69, 9.17) is 0 Å². The molecule has 0 radical (unpaired) electrons. The molecule has 0 saturated carbocycles. The number of nitrogens with zero attached hydrogens (tertiary/aromatic N) is 1. The monoisotopic (exact) mass is 182 g/mol. The smallest absolute Gasteiger partial charge is 0.225 e. The average molecular weight is 182 g/mol. The van der Waals surface area contributed by atoms with Gasteiger partial charge in [0.15, 0.2) is 0 Å². The summed E-state index contributed by atoms with van der Waals surface area (Å²) in [6.07, 6.45) is 9.99. The molecule has 74 valence electrons. The number of hydrogen-bond donors (Lipinski definition) is 1. The first-order chi connectivity index (χ1) is 6.22. The number of carbonyl (C=O) groups excluding carboxylic acids is 1. The van der Waals surface area contributed by atoms with E-state index in [1.165, 1.54) is 0 Å². The van der Waals surface area contributed by atoms with E-state index in [0.717, 1.165) is 25.9 Å². The first kappa shape index (κ1) is 12.0. The van der Waals surface area contributed by atoms with Crippen LogP contribution in [0.4, 0.5) is 0 Å². The molecule has 1 fully saturated rings. The molecule has 0 aromatic carbocycles. The molecule has 0 unspecified atom stereocenters. The highest BCUT2D eigenvalue weighted by molar-refractivity contribution is 5.78. The minimum Gasteiger partial charge on any atom is -0.349 e. The van der Waals surface area contributed by atoms with Crippen molar-refractivity contribution >= 4 is 5.91 Å². The molecule has 1 aliphatic heterocycles. The molecular formula is C10H18N2O. The van der Waals surface area contributed by atoms with Gasteiger partial charge in [0.2, 0.25) is 5.91 Å². The van der Waals surface area contributed by atoms with Crippen molar-refractivity contribution in [2.45, 2.75) is 12.8 Å². The molecular weight excluding hydrogens is 164 g/mol. The van der Waals surface area contributed by atoms with E-state index < -0.39 is 0 Å². The van der Waals surface area contributed by atoms with Crippen molar-refractivity contribution in [3.63, 3.8) is 0 Å². The quantitative estimate of drug-likeness (QED) is 0.592. The zero-order valence-corrected chi connectivity index (χ0v) is 8.42. The normalized spacial score (nSPS) is 16.9. The van der Waals surface area contributed by atoms with Gasteiger partial charge in [0, 0.05) is 20.0 Å². The van der Waals surface area contributed by atoms with Crippen LogP contribution in [0.1, 0.15) is 12.8 Å². The zero-order chi connectivity index (χ0) is 10.3. The number of nitrogens with one attached hydrogen (secondary N) is 1. The number of piperidine rings is 1. The molecule has 1 aliphatic rings. The summed E-state index contributed by atoms with van der Waals surface area (Å²) in [6, 6.07) is 0. The summed E-state index contributed by atoms with van der Waals surface area (Å²) in [6.45, 7) is 1.98. The lowest BCUT2D eigenvalue weighted by Gasteiger charge is -2.24. The van der Waals surface area contributed by atoms with Crippen LogP contribution >= 0.6 is 0 Å². The topological polar surface area (TPSA) is 32.3 Å². The fraction of sp³-hybridized carbons (Fsp3) is 0.700. The Kier molecular flexibility index (Phi) is 5.99. The summed E-state index contributed by atoms with van der Waals surface area (Å²) in [7, 11) is 3.65. The molecule has 0 bridgehead atoms. The Morgan fingerprint density at radius 3 is 2.15 bits per heavy atom. The van der Waals surface area contributed by atoms with Crippen LogP contribution in [0.2, 0.25) is 0 Å². The highest BCUT2D eigenvalue weighted by Gasteiger charge is 2.21. The van der Waals surface area contributed by atoms with Crippen molar-refractivity contribution in [1.82, 2.24) is 10.2 Å². The Morgan fingerprint density at radius 2 is 1.77 bits per heavy atom. The maximum absolute atomic E-state index is 11.4. The van der Waals surface area contributed by atoms with Crippen molar-refractivity contribution < 1.29 is 4.79 Å². The minimum absolute atomic E-state index is 0.270. The number of terminal acetylenes is 1. The van der Waals surface area contributed by atoms with Crippen molar-refractivity contribution in [2.75, 3.05) is 27.2 Å². The Labute approximate surface area is 80.5 Å². The van der Waals surface area contributed by atoms with Crippen LogP contribution in [-0.2, 0) is 4.79 Å². The fourth-order valence-electron chi connectivity index (χ4n) is 1.43. The van der Waals surface area contributed by atoms with Gasteiger partial charge < -0.3 is 10.2 Å². The number of amides is 1. The van der Waals surface area contributed by atoms with Gasteiger partial charge in [-0.05, 0) is 25.9 Å². The lowest BCUT2D eigenvalue weighted by Crippen LogP contribution is -2.37. The van der Waals surface area contributed by atoms with Gasteiger partial charge in [0.25, 0.3) is 0 Å². The molecule has 1 N–H and O–H groups in total. The Hall–Kier alpha value is -1.01.